The number of ketones is 3. The summed E-state index contributed by atoms with van der Waals surface area (Å²) in [6, 6.07) is 0. The molecule has 0 bridgehead atoms. The van der Waals surface area contributed by atoms with E-state index in [9.17, 15) is 29.7 Å². The first-order valence-corrected chi connectivity index (χ1v) is 11.3. The molecule has 2 atom stereocenters. The summed E-state index contributed by atoms with van der Waals surface area (Å²) in [4.78, 5) is 35.2. The molecule has 0 amide bonds. The molecule has 0 spiro atoms. The maximum atomic E-state index is 12.4. The Morgan fingerprint density at radius 3 is 1.28 bits per heavy atom. The second-order valence-electron chi connectivity index (χ2n) is 8.27. The van der Waals surface area contributed by atoms with Crippen molar-refractivity contribution in [2.45, 2.75) is 128 Å². The second kappa shape index (κ2) is 15.7. The van der Waals surface area contributed by atoms with Crippen LogP contribution in [0, 0.1) is 0 Å². The summed E-state index contributed by atoms with van der Waals surface area (Å²) in [6.45, 7) is 4.23. The van der Waals surface area contributed by atoms with Crippen LogP contribution in [0.3, 0.4) is 0 Å². The third-order valence-electron chi connectivity index (χ3n) is 5.56. The van der Waals surface area contributed by atoms with Crippen LogP contribution in [0.25, 0.3) is 0 Å². The van der Waals surface area contributed by atoms with E-state index in [2.05, 4.69) is 6.92 Å². The largest absolute Gasteiger partial charge is 0.382 e. The molecule has 0 saturated heterocycles. The van der Waals surface area contributed by atoms with Gasteiger partial charge in [-0.15, -0.1) is 0 Å². The first-order valence-electron chi connectivity index (χ1n) is 11.3. The van der Waals surface area contributed by atoms with E-state index in [0.717, 1.165) is 33.1 Å². The Hall–Kier alpha value is -1.11. The highest BCUT2D eigenvalue weighted by molar-refractivity contribution is 6.00. The number of hydrogen-bond acceptors (Lipinski definition) is 6. The van der Waals surface area contributed by atoms with Gasteiger partial charge in [0.25, 0.3) is 0 Å². The fourth-order valence-electron chi connectivity index (χ4n) is 3.58. The molecule has 0 saturated carbocycles. The van der Waals surface area contributed by atoms with Gasteiger partial charge in [0.1, 0.15) is 0 Å². The SMILES string of the molecule is CCCCCCCCCCCCCCCC(=O)C(O)(C(O)C(C)=O)C(O)C(C)=O. The van der Waals surface area contributed by atoms with Gasteiger partial charge in [-0.1, -0.05) is 84.0 Å². The van der Waals surface area contributed by atoms with Crippen molar-refractivity contribution in [3.63, 3.8) is 0 Å². The van der Waals surface area contributed by atoms with Gasteiger partial charge in [-0.3, -0.25) is 14.4 Å². The Morgan fingerprint density at radius 2 is 0.966 bits per heavy atom. The molecule has 0 aliphatic rings. The van der Waals surface area contributed by atoms with Gasteiger partial charge < -0.3 is 15.3 Å². The minimum atomic E-state index is -2.77. The maximum absolute atomic E-state index is 12.4. The molecule has 0 aliphatic heterocycles. The highest BCUT2D eigenvalue weighted by Gasteiger charge is 2.52. The van der Waals surface area contributed by atoms with E-state index in [1.165, 1.54) is 57.8 Å². The molecule has 0 rings (SSSR count). The van der Waals surface area contributed by atoms with Crippen molar-refractivity contribution < 1.29 is 29.7 Å². The fourth-order valence-corrected chi connectivity index (χ4v) is 3.58. The van der Waals surface area contributed by atoms with Crippen LogP contribution in [0.5, 0.6) is 0 Å². The molecular weight excluding hydrogens is 372 g/mol. The quantitative estimate of drug-likeness (QED) is 0.278. The summed E-state index contributed by atoms with van der Waals surface area (Å²) in [5.74, 6) is -2.61. The van der Waals surface area contributed by atoms with Gasteiger partial charge in [0.05, 0.1) is 0 Å². The topological polar surface area (TPSA) is 112 Å². The average Bonchev–Trinajstić information content (AvgIpc) is 2.69. The zero-order chi connectivity index (χ0) is 22.3. The first-order chi connectivity index (χ1) is 13.7. The van der Waals surface area contributed by atoms with Gasteiger partial charge in [0.2, 0.25) is 0 Å². The Bertz CT molecular complexity index is 468. The Balaban J connectivity index is 4.06. The molecule has 29 heavy (non-hydrogen) atoms. The number of carbonyl (C=O) groups is 3. The van der Waals surface area contributed by atoms with Crippen molar-refractivity contribution in [1.29, 1.82) is 0 Å². The van der Waals surface area contributed by atoms with Crippen LogP contribution in [0.1, 0.15) is 111 Å². The number of Topliss-reactive ketones (excluding diaryl/α,β-unsaturated/α-hetero) is 3. The summed E-state index contributed by atoms with van der Waals surface area (Å²) >= 11 is 0. The summed E-state index contributed by atoms with van der Waals surface area (Å²) in [6.07, 6.45) is 10.6. The summed E-state index contributed by atoms with van der Waals surface area (Å²) in [5.41, 5.74) is -2.77. The van der Waals surface area contributed by atoms with Crippen LogP contribution < -0.4 is 0 Å². The monoisotopic (exact) mass is 414 g/mol. The summed E-state index contributed by atoms with van der Waals surface area (Å²) < 4.78 is 0. The number of unbranched alkanes of at least 4 members (excludes halogenated alkanes) is 12. The Morgan fingerprint density at radius 1 is 0.655 bits per heavy atom. The molecule has 0 aromatic rings. The minimum absolute atomic E-state index is 0.0943. The number of aliphatic hydroxyl groups is 3. The highest BCUT2D eigenvalue weighted by Crippen LogP contribution is 2.23. The summed E-state index contributed by atoms with van der Waals surface area (Å²) in [5, 5.41) is 30.3. The minimum Gasteiger partial charge on any atom is -0.382 e. The molecule has 0 aliphatic carbocycles. The van der Waals surface area contributed by atoms with E-state index >= 15 is 0 Å². The van der Waals surface area contributed by atoms with E-state index < -0.39 is 35.2 Å². The lowest BCUT2D eigenvalue weighted by Gasteiger charge is -2.33. The van der Waals surface area contributed by atoms with Crippen molar-refractivity contribution in [3.8, 4) is 0 Å². The molecule has 0 aromatic carbocycles. The van der Waals surface area contributed by atoms with Crippen molar-refractivity contribution in [2.24, 2.45) is 0 Å². The normalized spacial score (nSPS) is 15.5. The van der Waals surface area contributed by atoms with Crippen LogP contribution >= 0.6 is 0 Å². The zero-order valence-electron chi connectivity index (χ0n) is 18.6. The van der Waals surface area contributed by atoms with Gasteiger partial charge >= 0.3 is 0 Å². The van der Waals surface area contributed by atoms with Gasteiger partial charge in [-0.25, -0.2) is 0 Å². The van der Waals surface area contributed by atoms with Crippen molar-refractivity contribution in [3.05, 3.63) is 0 Å². The number of rotatable bonds is 19. The number of carbonyl (C=O) groups excluding carboxylic acids is 3. The third-order valence-corrected chi connectivity index (χ3v) is 5.56. The van der Waals surface area contributed by atoms with Crippen LogP contribution in [-0.2, 0) is 14.4 Å². The predicted octanol–water partition coefficient (Wildman–Crippen LogP) is 3.67. The van der Waals surface area contributed by atoms with Crippen LogP contribution in [0.2, 0.25) is 0 Å². The average molecular weight is 415 g/mol. The van der Waals surface area contributed by atoms with Gasteiger partial charge in [0.15, 0.2) is 35.2 Å². The van der Waals surface area contributed by atoms with E-state index in [1.54, 1.807) is 0 Å². The Labute approximate surface area is 176 Å². The predicted molar refractivity (Wildman–Crippen MR) is 114 cm³/mol. The molecule has 0 fully saturated rings. The van der Waals surface area contributed by atoms with Crippen LogP contribution in [0.15, 0.2) is 0 Å². The molecule has 3 N–H and O–H groups in total. The molecule has 170 valence electrons. The molecule has 0 heterocycles. The molecule has 0 aromatic heterocycles. The van der Waals surface area contributed by atoms with Crippen molar-refractivity contribution in [1.82, 2.24) is 0 Å². The third kappa shape index (κ3) is 10.5. The maximum Gasteiger partial charge on any atom is 0.188 e. The molecule has 6 heteroatoms. The highest BCUT2D eigenvalue weighted by atomic mass is 16.4. The lowest BCUT2D eigenvalue weighted by Crippen LogP contribution is -2.62. The fraction of sp³-hybridized carbons (Fsp3) is 0.870. The van der Waals surface area contributed by atoms with Gasteiger partial charge in [-0.05, 0) is 20.3 Å². The van der Waals surface area contributed by atoms with Crippen molar-refractivity contribution >= 4 is 17.3 Å². The Kier molecular flexibility index (Phi) is 15.1. The van der Waals surface area contributed by atoms with Crippen molar-refractivity contribution in [2.75, 3.05) is 0 Å². The van der Waals surface area contributed by atoms with E-state index in [4.69, 9.17) is 0 Å². The van der Waals surface area contributed by atoms with E-state index in [-0.39, 0.29) is 6.42 Å². The molecular formula is C23H42O6. The van der Waals surface area contributed by atoms with Crippen LogP contribution in [-0.4, -0.2) is 50.5 Å². The second-order valence-corrected chi connectivity index (χ2v) is 8.27. The number of hydrogen-bond donors (Lipinski definition) is 3. The lowest BCUT2D eigenvalue weighted by atomic mass is 9.80. The number of aliphatic hydroxyl groups excluding tert-OH is 2. The standard InChI is InChI=1S/C23H42O6/c1-4-5-6-7-8-9-10-11-12-13-14-15-16-17-20(26)23(29,21(27)18(2)24)22(28)19(3)25/h21-22,27-29H,4-17H2,1-3H3. The molecule has 6 nitrogen and oxygen atoms in total. The van der Waals surface area contributed by atoms with E-state index in [0.29, 0.717) is 6.42 Å². The van der Waals surface area contributed by atoms with Crippen LogP contribution in [0.4, 0.5) is 0 Å². The van der Waals surface area contributed by atoms with E-state index in [1.807, 2.05) is 0 Å². The molecule has 0 radical (unpaired) electrons. The smallest absolute Gasteiger partial charge is 0.188 e. The van der Waals surface area contributed by atoms with Gasteiger partial charge in [0, 0.05) is 6.42 Å². The van der Waals surface area contributed by atoms with Gasteiger partial charge in [-0.2, -0.15) is 0 Å². The first kappa shape index (κ1) is 27.9. The lowest BCUT2D eigenvalue weighted by molar-refractivity contribution is -0.180. The molecule has 2 unspecified atom stereocenters. The zero-order valence-corrected chi connectivity index (χ0v) is 18.6. The summed E-state index contributed by atoms with van der Waals surface area (Å²) in [7, 11) is 0.